The molecule has 0 nitrogen and oxygen atoms in total. The molecule has 0 N–H and O–H groups in total. The molecule has 90 valence electrons. The summed E-state index contributed by atoms with van der Waals surface area (Å²) in [7, 11) is -1.09. The summed E-state index contributed by atoms with van der Waals surface area (Å²) < 4.78 is 0. The van der Waals surface area contributed by atoms with Gasteiger partial charge in [-0.3, -0.25) is 0 Å². The Morgan fingerprint density at radius 1 is 1.00 bits per heavy atom. The normalized spacial score (nSPS) is 42.8. The van der Waals surface area contributed by atoms with Crippen LogP contribution < -0.4 is 0 Å². The second-order valence-electron chi connectivity index (χ2n) is 7.83. The first kappa shape index (κ1) is 11.1. The van der Waals surface area contributed by atoms with Crippen LogP contribution in [0.2, 0.25) is 19.6 Å². The first-order chi connectivity index (χ1) is 7.38. The van der Waals surface area contributed by atoms with Crippen LogP contribution >= 0.6 is 0 Å². The van der Waals surface area contributed by atoms with Crippen molar-refractivity contribution in [1.29, 1.82) is 0 Å². The molecule has 0 radical (unpaired) electrons. The fourth-order valence-corrected chi connectivity index (χ4v) is 8.88. The third-order valence-electron chi connectivity index (χ3n) is 5.49. The molecule has 2 bridgehead atoms. The molecule has 3 aliphatic rings. The van der Waals surface area contributed by atoms with Gasteiger partial charge in [0.1, 0.15) is 0 Å². The molecular formula is C15H26Si. The highest BCUT2D eigenvalue weighted by atomic mass is 28.3. The zero-order chi connectivity index (χ0) is 11.6. The highest BCUT2D eigenvalue weighted by molar-refractivity contribution is 6.83. The van der Waals surface area contributed by atoms with Crippen LogP contribution in [0, 0.1) is 10.8 Å². The summed E-state index contributed by atoms with van der Waals surface area (Å²) >= 11 is 0. The summed E-state index contributed by atoms with van der Waals surface area (Å²) in [5.41, 5.74) is 3.31. The van der Waals surface area contributed by atoms with E-state index in [0.717, 1.165) is 0 Å². The maximum Gasteiger partial charge on any atom is 0.0731 e. The Balaban J connectivity index is 2.18. The average Bonchev–Trinajstić information content (AvgIpc) is 2.52. The van der Waals surface area contributed by atoms with E-state index >= 15 is 0 Å². The third-order valence-corrected chi connectivity index (χ3v) is 7.90. The van der Waals surface area contributed by atoms with Gasteiger partial charge < -0.3 is 0 Å². The van der Waals surface area contributed by atoms with E-state index in [9.17, 15) is 0 Å². The summed E-state index contributed by atoms with van der Waals surface area (Å²) in [6.45, 7) is 10.3. The minimum Gasteiger partial charge on any atom is -0.0755 e. The van der Waals surface area contributed by atoms with Crippen molar-refractivity contribution in [3.05, 3.63) is 10.8 Å². The monoisotopic (exact) mass is 234 g/mol. The van der Waals surface area contributed by atoms with Gasteiger partial charge in [-0.1, -0.05) is 43.8 Å². The number of fused-ring (bicyclic) bond motifs is 1. The topological polar surface area (TPSA) is 0 Å². The Bertz CT molecular complexity index is 360. The second-order valence-corrected chi connectivity index (χ2v) is 12.8. The van der Waals surface area contributed by atoms with Crippen LogP contribution in [0.25, 0.3) is 0 Å². The minimum absolute atomic E-state index is 0.623. The lowest BCUT2D eigenvalue weighted by atomic mass is 9.67. The Morgan fingerprint density at radius 3 is 2.38 bits per heavy atom. The van der Waals surface area contributed by atoms with E-state index in [1.54, 1.807) is 0 Å². The number of hydrogen-bond acceptors (Lipinski definition) is 0. The molecule has 0 saturated heterocycles. The Kier molecular flexibility index (Phi) is 2.10. The maximum atomic E-state index is 2.59. The molecule has 2 atom stereocenters. The largest absolute Gasteiger partial charge is 0.0755 e. The van der Waals surface area contributed by atoms with E-state index in [1.165, 1.54) is 44.9 Å². The molecule has 1 spiro atoms. The summed E-state index contributed by atoms with van der Waals surface area (Å²) in [4.78, 5) is 0. The maximum absolute atomic E-state index is 2.59. The van der Waals surface area contributed by atoms with Gasteiger partial charge in [0.2, 0.25) is 0 Å². The first-order valence-electron chi connectivity index (χ1n) is 7.12. The Hall–Kier alpha value is -0.0431. The van der Waals surface area contributed by atoms with Gasteiger partial charge in [-0.2, -0.15) is 0 Å². The molecule has 3 rings (SSSR count). The standard InChI is InChI=1S/C15H26Si/c1-14-8-6-10-15(11-14)9-5-7-12(15)13(14)16(2,3)4/h5-11H2,1-4H3. The van der Waals surface area contributed by atoms with Crippen molar-refractivity contribution in [3.8, 4) is 0 Å². The first-order valence-corrected chi connectivity index (χ1v) is 10.6. The predicted octanol–water partition coefficient (Wildman–Crippen LogP) is 4.92. The molecule has 0 heterocycles. The van der Waals surface area contributed by atoms with Crippen molar-refractivity contribution in [2.45, 2.75) is 71.5 Å². The molecule has 1 heteroatoms. The van der Waals surface area contributed by atoms with Gasteiger partial charge in [0.25, 0.3) is 0 Å². The highest BCUT2D eigenvalue weighted by Gasteiger charge is 2.57. The van der Waals surface area contributed by atoms with Gasteiger partial charge in [-0.05, 0) is 49.4 Å². The van der Waals surface area contributed by atoms with Crippen LogP contribution in [0.15, 0.2) is 10.8 Å². The summed E-state index contributed by atoms with van der Waals surface area (Å²) in [6, 6.07) is 0. The molecule has 16 heavy (non-hydrogen) atoms. The van der Waals surface area contributed by atoms with Gasteiger partial charge in [0.15, 0.2) is 0 Å². The van der Waals surface area contributed by atoms with Gasteiger partial charge in [0, 0.05) is 0 Å². The van der Waals surface area contributed by atoms with E-state index < -0.39 is 8.07 Å². The molecule has 2 saturated carbocycles. The molecule has 0 aliphatic heterocycles. The lowest BCUT2D eigenvalue weighted by Crippen LogP contribution is -2.35. The van der Waals surface area contributed by atoms with Crippen LogP contribution in [0.3, 0.4) is 0 Å². The van der Waals surface area contributed by atoms with Crippen molar-refractivity contribution in [2.75, 3.05) is 0 Å². The van der Waals surface area contributed by atoms with E-state index in [1.807, 2.05) is 10.8 Å². The zero-order valence-electron chi connectivity index (χ0n) is 11.4. The second kappa shape index (κ2) is 3.04. The fourth-order valence-electron chi connectivity index (χ4n) is 5.56. The third kappa shape index (κ3) is 1.27. The SMILES string of the molecule is CC12CCCC3(CCCC3=C1[Si](C)(C)C)C2. The molecule has 0 aromatic heterocycles. The summed E-state index contributed by atoms with van der Waals surface area (Å²) in [6.07, 6.45) is 10.5. The van der Waals surface area contributed by atoms with Gasteiger partial charge >= 0.3 is 0 Å². The number of rotatable bonds is 1. The zero-order valence-corrected chi connectivity index (χ0v) is 12.4. The fraction of sp³-hybridized carbons (Fsp3) is 0.867. The Labute approximate surface area is 102 Å². The van der Waals surface area contributed by atoms with Gasteiger partial charge in [-0.15, -0.1) is 0 Å². The lowest BCUT2D eigenvalue weighted by Gasteiger charge is -2.40. The van der Waals surface area contributed by atoms with Crippen molar-refractivity contribution in [3.63, 3.8) is 0 Å². The smallest absolute Gasteiger partial charge is 0.0731 e. The average molecular weight is 234 g/mol. The molecule has 0 amide bonds. The van der Waals surface area contributed by atoms with Crippen LogP contribution in [-0.4, -0.2) is 8.07 Å². The van der Waals surface area contributed by atoms with Crippen molar-refractivity contribution < 1.29 is 0 Å². The number of hydrogen-bond donors (Lipinski definition) is 0. The Morgan fingerprint density at radius 2 is 1.69 bits per heavy atom. The van der Waals surface area contributed by atoms with Crippen LogP contribution in [-0.2, 0) is 0 Å². The number of allylic oxidation sites excluding steroid dienone is 2. The molecule has 2 fully saturated rings. The van der Waals surface area contributed by atoms with E-state index in [-0.39, 0.29) is 0 Å². The van der Waals surface area contributed by atoms with Crippen molar-refractivity contribution in [1.82, 2.24) is 0 Å². The van der Waals surface area contributed by atoms with Crippen molar-refractivity contribution >= 4 is 8.07 Å². The highest BCUT2D eigenvalue weighted by Crippen LogP contribution is 2.68. The summed E-state index contributed by atoms with van der Waals surface area (Å²) in [5.74, 6) is 0. The minimum atomic E-state index is -1.09. The van der Waals surface area contributed by atoms with Crippen LogP contribution in [0.1, 0.15) is 51.9 Å². The summed E-state index contributed by atoms with van der Waals surface area (Å²) in [5, 5.41) is 2.01. The van der Waals surface area contributed by atoms with Gasteiger partial charge in [-0.25, -0.2) is 0 Å². The van der Waals surface area contributed by atoms with E-state index in [0.29, 0.717) is 10.8 Å². The van der Waals surface area contributed by atoms with Crippen molar-refractivity contribution in [2.24, 2.45) is 10.8 Å². The molecular weight excluding hydrogens is 208 g/mol. The van der Waals surface area contributed by atoms with Crippen LogP contribution in [0.4, 0.5) is 0 Å². The molecule has 2 unspecified atom stereocenters. The molecule has 0 aromatic carbocycles. The predicted molar refractivity (Wildman–Crippen MR) is 73.2 cm³/mol. The van der Waals surface area contributed by atoms with E-state index in [2.05, 4.69) is 26.6 Å². The van der Waals surface area contributed by atoms with E-state index in [4.69, 9.17) is 0 Å². The quantitative estimate of drug-likeness (QED) is 0.565. The lowest BCUT2D eigenvalue weighted by molar-refractivity contribution is 0.169. The van der Waals surface area contributed by atoms with Crippen LogP contribution in [0.5, 0.6) is 0 Å². The van der Waals surface area contributed by atoms with Gasteiger partial charge in [0.05, 0.1) is 8.07 Å². The molecule has 3 aliphatic carbocycles. The molecule has 0 aromatic rings.